The van der Waals surface area contributed by atoms with E-state index in [2.05, 4.69) is 0 Å². The average molecular weight is 166 g/mol. The predicted octanol–water partition coefficient (Wildman–Crippen LogP) is 1.58. The van der Waals surface area contributed by atoms with Crippen LogP contribution in [0.4, 0.5) is 0 Å². The van der Waals surface area contributed by atoms with E-state index in [1.165, 1.54) is 0 Å². The number of rotatable bonds is 1. The molecule has 66 valence electrons. The maximum atomic E-state index is 11.1. The zero-order valence-electron chi connectivity index (χ0n) is 7.18. The van der Waals surface area contributed by atoms with Crippen LogP contribution >= 0.6 is 0 Å². The largest absolute Gasteiger partial charge is 0.386 e. The third-order valence-corrected chi connectivity index (χ3v) is 2.98. The van der Waals surface area contributed by atoms with Gasteiger partial charge in [0.25, 0.3) is 0 Å². The van der Waals surface area contributed by atoms with Crippen molar-refractivity contribution in [1.29, 1.82) is 0 Å². The van der Waals surface area contributed by atoms with E-state index in [4.69, 9.17) is 0 Å². The first-order chi connectivity index (χ1) is 5.71. The van der Waals surface area contributed by atoms with Crippen LogP contribution in [0.5, 0.6) is 0 Å². The van der Waals surface area contributed by atoms with Crippen molar-refractivity contribution in [2.45, 2.75) is 44.1 Å². The number of ketones is 1. The zero-order chi connectivity index (χ0) is 8.60. The van der Waals surface area contributed by atoms with Crippen LogP contribution in [-0.4, -0.2) is 16.5 Å². The summed E-state index contributed by atoms with van der Waals surface area (Å²) in [6.07, 6.45) is 6.98. The summed E-state index contributed by atoms with van der Waals surface area (Å²) in [5.74, 6) is 0.191. The van der Waals surface area contributed by atoms with Gasteiger partial charge < -0.3 is 5.11 Å². The minimum Gasteiger partial charge on any atom is -0.386 e. The monoisotopic (exact) mass is 166 g/mol. The molecule has 0 aliphatic heterocycles. The highest BCUT2D eigenvalue weighted by atomic mass is 16.3. The van der Waals surface area contributed by atoms with E-state index >= 15 is 0 Å². The van der Waals surface area contributed by atoms with E-state index in [9.17, 15) is 9.90 Å². The van der Waals surface area contributed by atoms with Crippen molar-refractivity contribution in [2.75, 3.05) is 0 Å². The SMILES string of the molecule is O=C1C=C(C2(O)CCC2)CCC1. The second-order valence-corrected chi connectivity index (χ2v) is 3.87. The van der Waals surface area contributed by atoms with Crippen LogP contribution in [0.3, 0.4) is 0 Å². The number of aliphatic hydroxyl groups is 1. The summed E-state index contributed by atoms with van der Waals surface area (Å²) >= 11 is 0. The smallest absolute Gasteiger partial charge is 0.155 e. The molecule has 2 aliphatic rings. The molecule has 0 atom stereocenters. The Labute approximate surface area is 72.3 Å². The summed E-state index contributed by atoms with van der Waals surface area (Å²) in [4.78, 5) is 11.1. The van der Waals surface area contributed by atoms with E-state index in [1.54, 1.807) is 6.08 Å². The van der Waals surface area contributed by atoms with E-state index < -0.39 is 5.60 Å². The Morgan fingerprint density at radius 1 is 1.25 bits per heavy atom. The summed E-state index contributed by atoms with van der Waals surface area (Å²) in [6, 6.07) is 0. The quantitative estimate of drug-likeness (QED) is 0.642. The number of carbonyl (C=O) groups excluding carboxylic acids is 1. The van der Waals surface area contributed by atoms with Gasteiger partial charge in [-0.05, 0) is 43.8 Å². The van der Waals surface area contributed by atoms with E-state index in [0.717, 1.165) is 37.7 Å². The molecule has 0 saturated heterocycles. The van der Waals surface area contributed by atoms with Gasteiger partial charge >= 0.3 is 0 Å². The fraction of sp³-hybridized carbons (Fsp3) is 0.700. The van der Waals surface area contributed by atoms with Crippen molar-refractivity contribution >= 4 is 5.78 Å². The van der Waals surface area contributed by atoms with E-state index in [1.807, 2.05) is 0 Å². The first-order valence-electron chi connectivity index (χ1n) is 4.67. The molecule has 2 heteroatoms. The molecule has 0 bridgehead atoms. The second-order valence-electron chi connectivity index (χ2n) is 3.87. The lowest BCUT2D eigenvalue weighted by atomic mass is 9.71. The molecule has 0 spiro atoms. The molecule has 0 heterocycles. The molecule has 1 N–H and O–H groups in total. The standard InChI is InChI=1S/C10H14O2/c11-9-4-1-3-8(7-9)10(12)5-2-6-10/h7,12H,1-6H2. The van der Waals surface area contributed by atoms with E-state index in [0.29, 0.717) is 6.42 Å². The summed E-state index contributed by atoms with van der Waals surface area (Å²) in [6.45, 7) is 0. The maximum absolute atomic E-state index is 11.1. The van der Waals surface area contributed by atoms with Crippen molar-refractivity contribution in [1.82, 2.24) is 0 Å². The van der Waals surface area contributed by atoms with Crippen molar-refractivity contribution in [3.8, 4) is 0 Å². The van der Waals surface area contributed by atoms with Crippen molar-refractivity contribution < 1.29 is 9.90 Å². The molecule has 0 amide bonds. The number of allylic oxidation sites excluding steroid dienone is 1. The van der Waals surface area contributed by atoms with Gasteiger partial charge in [0.15, 0.2) is 5.78 Å². The Hall–Kier alpha value is -0.630. The number of hydrogen-bond donors (Lipinski definition) is 1. The van der Waals surface area contributed by atoms with Crippen LogP contribution in [0.15, 0.2) is 11.6 Å². The van der Waals surface area contributed by atoms with Gasteiger partial charge in [-0.2, -0.15) is 0 Å². The molecule has 12 heavy (non-hydrogen) atoms. The van der Waals surface area contributed by atoms with Gasteiger partial charge in [0, 0.05) is 6.42 Å². The minimum absolute atomic E-state index is 0.191. The Kier molecular flexibility index (Phi) is 1.80. The lowest BCUT2D eigenvalue weighted by Crippen LogP contribution is -2.39. The second kappa shape index (κ2) is 2.70. The van der Waals surface area contributed by atoms with Gasteiger partial charge in [-0.1, -0.05) is 0 Å². The molecule has 0 aromatic carbocycles. The van der Waals surface area contributed by atoms with Crippen molar-refractivity contribution in [3.05, 3.63) is 11.6 Å². The molecule has 2 rings (SSSR count). The Morgan fingerprint density at radius 2 is 2.00 bits per heavy atom. The first-order valence-corrected chi connectivity index (χ1v) is 4.67. The fourth-order valence-corrected chi connectivity index (χ4v) is 1.99. The molecular weight excluding hydrogens is 152 g/mol. The predicted molar refractivity (Wildman–Crippen MR) is 45.7 cm³/mol. The van der Waals surface area contributed by atoms with Crippen LogP contribution < -0.4 is 0 Å². The fourth-order valence-electron chi connectivity index (χ4n) is 1.99. The molecule has 1 fully saturated rings. The van der Waals surface area contributed by atoms with E-state index in [-0.39, 0.29) is 5.78 Å². The summed E-state index contributed by atoms with van der Waals surface area (Å²) in [5, 5.41) is 9.93. The highest BCUT2D eigenvalue weighted by molar-refractivity contribution is 5.91. The molecule has 0 radical (unpaired) electrons. The van der Waals surface area contributed by atoms with Gasteiger partial charge in [0.2, 0.25) is 0 Å². The molecule has 0 unspecified atom stereocenters. The highest BCUT2D eigenvalue weighted by Crippen LogP contribution is 2.41. The third kappa shape index (κ3) is 1.20. The maximum Gasteiger partial charge on any atom is 0.155 e. The topological polar surface area (TPSA) is 37.3 Å². The average Bonchev–Trinajstić information content (AvgIpc) is 2.00. The number of hydrogen-bond acceptors (Lipinski definition) is 2. The molecule has 0 aromatic rings. The first kappa shape index (κ1) is 7.99. The number of carbonyl (C=O) groups is 1. The van der Waals surface area contributed by atoms with Gasteiger partial charge in [0.1, 0.15) is 0 Å². The van der Waals surface area contributed by atoms with Gasteiger partial charge in [-0.15, -0.1) is 0 Å². The summed E-state index contributed by atoms with van der Waals surface area (Å²) in [5.41, 5.74) is 0.404. The van der Waals surface area contributed by atoms with Crippen LogP contribution in [0.1, 0.15) is 38.5 Å². The van der Waals surface area contributed by atoms with Crippen LogP contribution in [0.2, 0.25) is 0 Å². The van der Waals surface area contributed by atoms with Gasteiger partial charge in [0.05, 0.1) is 5.60 Å². The normalized spacial score (nSPS) is 27.8. The Morgan fingerprint density at radius 3 is 2.50 bits per heavy atom. The Bertz CT molecular complexity index is 236. The van der Waals surface area contributed by atoms with Crippen LogP contribution in [0, 0.1) is 0 Å². The Balaban J connectivity index is 2.16. The summed E-state index contributed by atoms with van der Waals surface area (Å²) in [7, 11) is 0. The molecule has 2 aliphatic carbocycles. The lowest BCUT2D eigenvalue weighted by Gasteiger charge is -2.39. The molecule has 1 saturated carbocycles. The molecular formula is C10H14O2. The summed E-state index contributed by atoms with van der Waals surface area (Å²) < 4.78 is 0. The van der Waals surface area contributed by atoms with Crippen molar-refractivity contribution in [2.24, 2.45) is 0 Å². The van der Waals surface area contributed by atoms with Gasteiger partial charge in [-0.25, -0.2) is 0 Å². The molecule has 2 nitrogen and oxygen atoms in total. The zero-order valence-corrected chi connectivity index (χ0v) is 7.18. The third-order valence-electron chi connectivity index (χ3n) is 2.98. The van der Waals surface area contributed by atoms with Gasteiger partial charge in [-0.3, -0.25) is 4.79 Å². The van der Waals surface area contributed by atoms with Crippen LogP contribution in [-0.2, 0) is 4.79 Å². The minimum atomic E-state index is -0.587. The van der Waals surface area contributed by atoms with Crippen molar-refractivity contribution in [3.63, 3.8) is 0 Å². The highest BCUT2D eigenvalue weighted by Gasteiger charge is 2.38. The molecule has 0 aromatic heterocycles. The lowest BCUT2D eigenvalue weighted by molar-refractivity contribution is -0.115. The van der Waals surface area contributed by atoms with Crippen LogP contribution in [0.25, 0.3) is 0 Å².